The van der Waals surface area contributed by atoms with Gasteiger partial charge in [0.2, 0.25) is 5.91 Å². The molecule has 5 rings (SSSR count). The number of hydrogen-bond donors (Lipinski definition) is 0. The zero-order chi connectivity index (χ0) is 18.4. The van der Waals surface area contributed by atoms with Gasteiger partial charge in [-0.25, -0.2) is 4.98 Å². The van der Waals surface area contributed by atoms with Crippen LogP contribution in [-0.2, 0) is 11.3 Å². The van der Waals surface area contributed by atoms with Gasteiger partial charge in [-0.2, -0.15) is 0 Å². The summed E-state index contributed by atoms with van der Waals surface area (Å²) in [5.74, 6) is 0.713. The number of piperidine rings is 1. The lowest BCUT2D eigenvalue weighted by Gasteiger charge is -2.37. The number of nitrogens with zero attached hydrogens (tertiary/aromatic N) is 3. The van der Waals surface area contributed by atoms with Crippen LogP contribution >= 0.6 is 22.7 Å². The van der Waals surface area contributed by atoms with Crippen LogP contribution in [0, 0.1) is 5.92 Å². The Morgan fingerprint density at radius 3 is 2.96 bits per heavy atom. The first-order valence-electron chi connectivity index (χ1n) is 9.52. The minimum Gasteiger partial charge on any atom is -0.338 e. The first kappa shape index (κ1) is 17.1. The lowest BCUT2D eigenvalue weighted by molar-refractivity contribution is -0.136. The summed E-state index contributed by atoms with van der Waals surface area (Å²) in [7, 11) is 0. The van der Waals surface area contributed by atoms with Crippen LogP contribution in [0.15, 0.2) is 34.0 Å². The SMILES string of the molecule is O=C(Cn1cnc2scc(-c3cccs3)c2c1=O)N1CCC[C@H]2CCC[C@@H]21. The number of carbonyl (C=O) groups is 1. The maximum absolute atomic E-state index is 13.1. The first-order chi connectivity index (χ1) is 13.2. The fraction of sp³-hybridized carbons (Fsp3) is 0.450. The van der Waals surface area contributed by atoms with Gasteiger partial charge in [0.1, 0.15) is 11.4 Å². The van der Waals surface area contributed by atoms with E-state index in [2.05, 4.69) is 4.98 Å². The van der Waals surface area contributed by atoms with Gasteiger partial charge in [-0.3, -0.25) is 14.2 Å². The predicted octanol–water partition coefficient (Wildman–Crippen LogP) is 3.98. The highest BCUT2D eigenvalue weighted by molar-refractivity contribution is 7.18. The molecule has 0 bridgehead atoms. The van der Waals surface area contributed by atoms with E-state index in [1.54, 1.807) is 11.3 Å². The van der Waals surface area contributed by atoms with Crippen LogP contribution in [0.5, 0.6) is 0 Å². The van der Waals surface area contributed by atoms with E-state index >= 15 is 0 Å². The molecule has 0 aromatic carbocycles. The minimum atomic E-state index is -0.113. The number of fused-ring (bicyclic) bond motifs is 2. The third kappa shape index (κ3) is 2.93. The monoisotopic (exact) mass is 399 g/mol. The molecule has 2 fully saturated rings. The molecular weight excluding hydrogens is 378 g/mol. The molecule has 2 aliphatic rings. The third-order valence-electron chi connectivity index (χ3n) is 5.97. The summed E-state index contributed by atoms with van der Waals surface area (Å²) >= 11 is 3.09. The summed E-state index contributed by atoms with van der Waals surface area (Å²) in [5, 5.41) is 4.63. The van der Waals surface area contributed by atoms with Gasteiger partial charge in [0, 0.05) is 28.4 Å². The van der Waals surface area contributed by atoms with Crippen molar-refractivity contribution >= 4 is 38.8 Å². The highest BCUT2D eigenvalue weighted by atomic mass is 32.1. The second-order valence-electron chi connectivity index (χ2n) is 7.47. The average Bonchev–Trinajstić information content (AvgIpc) is 3.43. The summed E-state index contributed by atoms with van der Waals surface area (Å²) in [5.41, 5.74) is 0.816. The molecule has 1 aliphatic carbocycles. The van der Waals surface area contributed by atoms with E-state index in [9.17, 15) is 9.59 Å². The molecule has 0 radical (unpaired) electrons. The summed E-state index contributed by atoms with van der Waals surface area (Å²) in [6.45, 7) is 0.911. The van der Waals surface area contributed by atoms with Gasteiger partial charge in [0.05, 0.1) is 11.7 Å². The molecule has 0 spiro atoms. The number of aromatic nitrogens is 2. The summed E-state index contributed by atoms with van der Waals surface area (Å²) < 4.78 is 1.49. The first-order valence-corrected chi connectivity index (χ1v) is 11.3. The largest absolute Gasteiger partial charge is 0.338 e. The predicted molar refractivity (Wildman–Crippen MR) is 109 cm³/mol. The van der Waals surface area contributed by atoms with E-state index in [1.807, 2.05) is 27.8 Å². The second-order valence-corrected chi connectivity index (χ2v) is 9.28. The third-order valence-corrected chi connectivity index (χ3v) is 7.76. The fourth-order valence-electron chi connectivity index (χ4n) is 4.69. The topological polar surface area (TPSA) is 55.2 Å². The minimum absolute atomic E-state index is 0.0581. The number of thiophene rings is 2. The molecule has 1 saturated carbocycles. The van der Waals surface area contributed by atoms with Crippen LogP contribution in [0.3, 0.4) is 0 Å². The number of hydrogen-bond acceptors (Lipinski definition) is 5. The molecule has 1 saturated heterocycles. The molecular formula is C20H21N3O2S2. The van der Waals surface area contributed by atoms with Crippen molar-refractivity contribution in [2.24, 2.45) is 5.92 Å². The van der Waals surface area contributed by atoms with E-state index in [-0.39, 0.29) is 18.0 Å². The number of amides is 1. The van der Waals surface area contributed by atoms with Crippen molar-refractivity contribution in [3.63, 3.8) is 0 Å². The van der Waals surface area contributed by atoms with E-state index in [1.165, 1.54) is 41.5 Å². The second kappa shape index (κ2) is 6.87. The van der Waals surface area contributed by atoms with Crippen molar-refractivity contribution in [2.75, 3.05) is 6.54 Å². The van der Waals surface area contributed by atoms with Crippen LogP contribution in [0.4, 0.5) is 0 Å². The lowest BCUT2D eigenvalue weighted by atomic mass is 9.92. The van der Waals surface area contributed by atoms with Crippen LogP contribution < -0.4 is 5.56 Å². The van der Waals surface area contributed by atoms with E-state index in [4.69, 9.17) is 0 Å². The van der Waals surface area contributed by atoms with Crippen molar-refractivity contribution in [3.8, 4) is 10.4 Å². The van der Waals surface area contributed by atoms with Gasteiger partial charge in [0.25, 0.3) is 5.56 Å². The molecule has 3 aromatic heterocycles. The Hall–Kier alpha value is -1.99. The normalized spacial score (nSPS) is 22.3. The van der Waals surface area contributed by atoms with Gasteiger partial charge in [-0.15, -0.1) is 22.7 Å². The standard InChI is InChI=1S/C20H21N3O2S2/c24-17(23-8-2-5-13-4-1-6-15(13)23)10-22-12-21-19-18(20(22)25)14(11-27-19)16-7-3-9-26-16/h3,7,9,11-13,15H,1-2,4-6,8,10H2/t13-,15+/m1/s1. The van der Waals surface area contributed by atoms with Crippen molar-refractivity contribution in [3.05, 3.63) is 39.6 Å². The Kier molecular flexibility index (Phi) is 4.36. The van der Waals surface area contributed by atoms with Crippen molar-refractivity contribution < 1.29 is 4.79 Å². The molecule has 0 N–H and O–H groups in total. The van der Waals surface area contributed by atoms with Gasteiger partial charge in [0.15, 0.2) is 0 Å². The molecule has 27 heavy (non-hydrogen) atoms. The highest BCUT2D eigenvalue weighted by Crippen LogP contribution is 2.37. The molecule has 7 heteroatoms. The summed E-state index contributed by atoms with van der Waals surface area (Å²) in [6.07, 6.45) is 7.41. The van der Waals surface area contributed by atoms with Gasteiger partial charge < -0.3 is 4.90 Å². The molecule has 3 aromatic rings. The maximum Gasteiger partial charge on any atom is 0.263 e. The highest BCUT2D eigenvalue weighted by Gasteiger charge is 2.37. The number of rotatable bonds is 3. The van der Waals surface area contributed by atoms with Crippen molar-refractivity contribution in [1.82, 2.24) is 14.5 Å². The van der Waals surface area contributed by atoms with Crippen LogP contribution in [0.1, 0.15) is 32.1 Å². The summed E-state index contributed by atoms with van der Waals surface area (Å²) in [6, 6.07) is 4.37. The Balaban J connectivity index is 1.47. The van der Waals surface area contributed by atoms with Gasteiger partial charge >= 0.3 is 0 Å². The number of carbonyl (C=O) groups excluding carboxylic acids is 1. The molecule has 2 atom stereocenters. The Morgan fingerprint density at radius 1 is 1.22 bits per heavy atom. The zero-order valence-electron chi connectivity index (χ0n) is 15.0. The summed E-state index contributed by atoms with van der Waals surface area (Å²) in [4.78, 5) is 34.4. The number of likely N-dealkylation sites (tertiary alicyclic amines) is 1. The van der Waals surface area contributed by atoms with Crippen LogP contribution in [-0.4, -0.2) is 32.9 Å². The van der Waals surface area contributed by atoms with Crippen LogP contribution in [0.25, 0.3) is 20.7 Å². The molecule has 1 amide bonds. The Morgan fingerprint density at radius 2 is 2.11 bits per heavy atom. The zero-order valence-corrected chi connectivity index (χ0v) is 16.6. The van der Waals surface area contributed by atoms with Crippen LogP contribution in [0.2, 0.25) is 0 Å². The molecule has 4 heterocycles. The van der Waals surface area contributed by atoms with Crippen molar-refractivity contribution in [2.45, 2.75) is 44.7 Å². The fourth-order valence-corrected chi connectivity index (χ4v) is 6.41. The van der Waals surface area contributed by atoms with Crippen molar-refractivity contribution in [1.29, 1.82) is 0 Å². The average molecular weight is 400 g/mol. The maximum atomic E-state index is 13.1. The smallest absolute Gasteiger partial charge is 0.263 e. The molecule has 140 valence electrons. The van der Waals surface area contributed by atoms with E-state index in [0.29, 0.717) is 17.3 Å². The van der Waals surface area contributed by atoms with Gasteiger partial charge in [-0.05, 0) is 43.0 Å². The molecule has 0 unspecified atom stereocenters. The van der Waals surface area contributed by atoms with Gasteiger partial charge in [-0.1, -0.05) is 12.5 Å². The lowest BCUT2D eigenvalue weighted by Crippen LogP contribution is -2.48. The quantitative estimate of drug-likeness (QED) is 0.669. The Bertz CT molecular complexity index is 1040. The van der Waals surface area contributed by atoms with E-state index < -0.39 is 0 Å². The Labute approximate surface area is 165 Å². The molecule has 5 nitrogen and oxygen atoms in total. The molecule has 1 aliphatic heterocycles. The van der Waals surface area contributed by atoms with E-state index in [0.717, 1.165) is 34.7 Å².